The fourth-order valence-corrected chi connectivity index (χ4v) is 2.96. The number of Topliss-reactive ketones (excluding diaryl/α,β-unsaturated/α-hetero) is 1. The van der Waals surface area contributed by atoms with Gasteiger partial charge in [0, 0.05) is 5.69 Å². The first-order valence-electron chi connectivity index (χ1n) is 9.08. The molecule has 0 saturated carbocycles. The van der Waals surface area contributed by atoms with Gasteiger partial charge in [-0.15, -0.1) is 0 Å². The standard InChI is InChI=1S/C21H25NO7/c1-7-28-15-9-8-14(10-16(15)26-5)20(24)29-13(4)19(23)18-11(2)17(12(3)22-18)21(25)27-6/h8-10,13,22H,7H2,1-6H3/t13-/m1/s1. The van der Waals surface area contributed by atoms with Crippen LogP contribution in [0.15, 0.2) is 18.2 Å². The zero-order chi connectivity index (χ0) is 21.7. The van der Waals surface area contributed by atoms with Crippen molar-refractivity contribution in [2.45, 2.75) is 33.8 Å². The van der Waals surface area contributed by atoms with Crippen LogP contribution >= 0.6 is 0 Å². The molecule has 29 heavy (non-hydrogen) atoms. The van der Waals surface area contributed by atoms with Gasteiger partial charge in [0.2, 0.25) is 5.78 Å². The maximum absolute atomic E-state index is 12.8. The molecule has 0 spiro atoms. The molecule has 0 aliphatic heterocycles. The molecule has 0 aliphatic carbocycles. The zero-order valence-electron chi connectivity index (χ0n) is 17.4. The van der Waals surface area contributed by atoms with E-state index in [4.69, 9.17) is 18.9 Å². The summed E-state index contributed by atoms with van der Waals surface area (Å²) < 4.78 is 20.7. The van der Waals surface area contributed by atoms with E-state index >= 15 is 0 Å². The predicted octanol–water partition coefficient (Wildman–Crippen LogP) is 3.25. The number of hydrogen-bond donors (Lipinski definition) is 1. The number of aryl methyl sites for hydroxylation is 1. The van der Waals surface area contributed by atoms with Crippen LogP contribution in [0, 0.1) is 13.8 Å². The van der Waals surface area contributed by atoms with Gasteiger partial charge in [-0.2, -0.15) is 0 Å². The number of aromatic amines is 1. The number of nitrogens with one attached hydrogen (secondary N) is 1. The maximum Gasteiger partial charge on any atom is 0.339 e. The number of rotatable bonds is 8. The topological polar surface area (TPSA) is 104 Å². The van der Waals surface area contributed by atoms with Gasteiger partial charge in [-0.1, -0.05) is 0 Å². The summed E-state index contributed by atoms with van der Waals surface area (Å²) in [6, 6.07) is 4.63. The molecule has 2 aromatic rings. The minimum absolute atomic E-state index is 0.201. The molecular weight excluding hydrogens is 378 g/mol. The average molecular weight is 403 g/mol. The molecule has 0 radical (unpaired) electrons. The minimum Gasteiger partial charge on any atom is -0.493 e. The van der Waals surface area contributed by atoms with Crippen molar-refractivity contribution in [2.75, 3.05) is 20.8 Å². The molecule has 2 rings (SSSR count). The van der Waals surface area contributed by atoms with E-state index in [9.17, 15) is 14.4 Å². The van der Waals surface area contributed by atoms with E-state index in [2.05, 4.69) is 4.98 Å². The number of ketones is 1. The summed E-state index contributed by atoms with van der Waals surface area (Å²) in [4.78, 5) is 40.0. The lowest BCUT2D eigenvalue weighted by atomic mass is 10.1. The van der Waals surface area contributed by atoms with Gasteiger partial charge in [-0.25, -0.2) is 9.59 Å². The number of aromatic nitrogens is 1. The molecule has 0 aliphatic rings. The number of hydrogen-bond acceptors (Lipinski definition) is 7. The monoisotopic (exact) mass is 403 g/mol. The highest BCUT2D eigenvalue weighted by Gasteiger charge is 2.27. The van der Waals surface area contributed by atoms with Gasteiger partial charge in [-0.05, 0) is 51.5 Å². The van der Waals surface area contributed by atoms with Crippen molar-refractivity contribution < 1.29 is 33.3 Å². The molecule has 1 aromatic carbocycles. The minimum atomic E-state index is -1.07. The second-order valence-corrected chi connectivity index (χ2v) is 6.33. The van der Waals surface area contributed by atoms with E-state index in [1.54, 1.807) is 19.9 Å². The van der Waals surface area contributed by atoms with Crippen molar-refractivity contribution in [3.63, 3.8) is 0 Å². The maximum atomic E-state index is 12.8. The Morgan fingerprint density at radius 1 is 1.07 bits per heavy atom. The van der Waals surface area contributed by atoms with Crippen LogP contribution in [-0.2, 0) is 9.47 Å². The summed E-state index contributed by atoms with van der Waals surface area (Å²) in [6.07, 6.45) is -1.07. The van der Waals surface area contributed by atoms with Crippen molar-refractivity contribution in [3.05, 3.63) is 46.3 Å². The van der Waals surface area contributed by atoms with Crippen LogP contribution < -0.4 is 9.47 Å². The highest BCUT2D eigenvalue weighted by atomic mass is 16.5. The summed E-state index contributed by atoms with van der Waals surface area (Å²) in [5.41, 5.74) is 1.68. The summed E-state index contributed by atoms with van der Waals surface area (Å²) in [5, 5.41) is 0. The molecule has 1 N–H and O–H groups in total. The molecule has 1 atom stereocenters. The average Bonchev–Trinajstić information content (AvgIpc) is 3.01. The number of carbonyl (C=O) groups excluding carboxylic acids is 3. The summed E-state index contributed by atoms with van der Waals surface area (Å²) in [7, 11) is 2.74. The lowest BCUT2D eigenvalue weighted by Gasteiger charge is -2.14. The van der Waals surface area contributed by atoms with Crippen molar-refractivity contribution in [1.82, 2.24) is 4.98 Å². The Morgan fingerprint density at radius 2 is 1.76 bits per heavy atom. The third-order valence-electron chi connectivity index (χ3n) is 4.43. The molecule has 0 fully saturated rings. The van der Waals surface area contributed by atoms with E-state index in [0.29, 0.717) is 34.9 Å². The smallest absolute Gasteiger partial charge is 0.339 e. The number of carbonyl (C=O) groups is 3. The Hall–Kier alpha value is -3.29. The number of benzene rings is 1. The van der Waals surface area contributed by atoms with E-state index in [1.165, 1.54) is 33.3 Å². The van der Waals surface area contributed by atoms with E-state index < -0.39 is 23.8 Å². The lowest BCUT2D eigenvalue weighted by molar-refractivity contribution is 0.0316. The Morgan fingerprint density at radius 3 is 2.34 bits per heavy atom. The second-order valence-electron chi connectivity index (χ2n) is 6.33. The van der Waals surface area contributed by atoms with Crippen molar-refractivity contribution in [2.24, 2.45) is 0 Å². The molecular formula is C21H25NO7. The van der Waals surface area contributed by atoms with Crippen LogP contribution in [-0.4, -0.2) is 49.6 Å². The number of methoxy groups -OCH3 is 2. The van der Waals surface area contributed by atoms with Crippen LogP contribution in [0.25, 0.3) is 0 Å². The van der Waals surface area contributed by atoms with Gasteiger partial charge in [0.25, 0.3) is 0 Å². The largest absolute Gasteiger partial charge is 0.493 e. The predicted molar refractivity (Wildman–Crippen MR) is 105 cm³/mol. The van der Waals surface area contributed by atoms with Gasteiger partial charge < -0.3 is 23.9 Å². The van der Waals surface area contributed by atoms with Crippen LogP contribution in [0.3, 0.4) is 0 Å². The highest BCUT2D eigenvalue weighted by Crippen LogP contribution is 2.28. The highest BCUT2D eigenvalue weighted by molar-refractivity contribution is 6.04. The van der Waals surface area contributed by atoms with Crippen LogP contribution in [0.5, 0.6) is 11.5 Å². The van der Waals surface area contributed by atoms with E-state index in [0.717, 1.165) is 0 Å². The fraction of sp³-hybridized carbons (Fsp3) is 0.381. The SMILES string of the molecule is CCOc1ccc(C(=O)O[C@H](C)C(=O)c2[nH]c(C)c(C(=O)OC)c2C)cc1OC. The van der Waals surface area contributed by atoms with Gasteiger partial charge >= 0.3 is 11.9 Å². The molecule has 1 aromatic heterocycles. The molecule has 0 amide bonds. The third-order valence-corrected chi connectivity index (χ3v) is 4.43. The quantitative estimate of drug-likeness (QED) is 0.533. The molecule has 8 heteroatoms. The Labute approximate surface area is 169 Å². The Balaban J connectivity index is 2.20. The van der Waals surface area contributed by atoms with Gasteiger partial charge in [0.15, 0.2) is 17.6 Å². The van der Waals surface area contributed by atoms with Crippen molar-refractivity contribution in [3.8, 4) is 11.5 Å². The molecule has 8 nitrogen and oxygen atoms in total. The molecule has 0 saturated heterocycles. The second kappa shape index (κ2) is 9.27. The van der Waals surface area contributed by atoms with Crippen LogP contribution in [0.1, 0.15) is 56.3 Å². The zero-order valence-corrected chi connectivity index (χ0v) is 17.4. The van der Waals surface area contributed by atoms with Gasteiger partial charge in [0.05, 0.1) is 37.6 Å². The van der Waals surface area contributed by atoms with Crippen LogP contribution in [0.2, 0.25) is 0 Å². The lowest BCUT2D eigenvalue weighted by Crippen LogP contribution is -2.25. The van der Waals surface area contributed by atoms with Gasteiger partial charge in [-0.3, -0.25) is 4.79 Å². The number of H-pyrrole nitrogens is 1. The Kier molecular flexibility index (Phi) is 7.03. The number of ether oxygens (including phenoxy) is 4. The summed E-state index contributed by atoms with van der Waals surface area (Å²) in [6.45, 7) is 7.06. The fourth-order valence-electron chi connectivity index (χ4n) is 2.96. The first-order valence-corrected chi connectivity index (χ1v) is 9.08. The van der Waals surface area contributed by atoms with Crippen LogP contribution in [0.4, 0.5) is 0 Å². The first-order chi connectivity index (χ1) is 13.7. The summed E-state index contributed by atoms with van der Waals surface area (Å²) in [5.74, 6) is -0.780. The Bertz CT molecular complexity index is 929. The molecule has 0 unspecified atom stereocenters. The summed E-state index contributed by atoms with van der Waals surface area (Å²) >= 11 is 0. The number of esters is 2. The third kappa shape index (κ3) is 4.59. The van der Waals surface area contributed by atoms with E-state index in [1.807, 2.05) is 6.92 Å². The van der Waals surface area contributed by atoms with Crippen molar-refractivity contribution in [1.29, 1.82) is 0 Å². The first kappa shape index (κ1) is 22.0. The molecule has 156 valence electrons. The van der Waals surface area contributed by atoms with Crippen molar-refractivity contribution >= 4 is 17.7 Å². The van der Waals surface area contributed by atoms with E-state index in [-0.39, 0.29) is 11.3 Å². The molecule has 1 heterocycles. The molecule has 0 bridgehead atoms. The normalized spacial score (nSPS) is 11.5. The van der Waals surface area contributed by atoms with Gasteiger partial charge in [0.1, 0.15) is 0 Å².